The minimum Gasteiger partial charge on any atom is -0.449 e. The summed E-state index contributed by atoms with van der Waals surface area (Å²) in [6.07, 6.45) is 0. The van der Waals surface area contributed by atoms with Crippen LogP contribution in [0.15, 0.2) is 42.5 Å². The van der Waals surface area contributed by atoms with Crippen molar-refractivity contribution in [3.63, 3.8) is 0 Å². The van der Waals surface area contributed by atoms with Crippen LogP contribution in [-0.2, 0) is 0 Å². The number of rotatable bonds is 3. The maximum atomic E-state index is 10.8. The smallest absolute Gasteiger partial charge is 0.313 e. The quantitative estimate of drug-likeness (QED) is 0.612. The summed E-state index contributed by atoms with van der Waals surface area (Å²) in [5, 5.41) is 11.0. The fraction of sp³-hybridized carbons (Fsp3) is 0. The van der Waals surface area contributed by atoms with E-state index in [0.29, 0.717) is 5.75 Å². The lowest BCUT2D eigenvalue weighted by molar-refractivity contribution is -0.385. The molecule has 0 atom stereocenters. The third-order valence-electron chi connectivity index (χ3n) is 2.05. The number of para-hydroxylation sites is 1. The summed E-state index contributed by atoms with van der Waals surface area (Å²) >= 11 is 5.89. The molecule has 0 heterocycles. The third kappa shape index (κ3) is 2.54. The molecule has 2 rings (SSSR count). The maximum Gasteiger partial charge on any atom is 0.313 e. The van der Waals surface area contributed by atoms with Gasteiger partial charge in [0, 0.05) is 6.07 Å². The van der Waals surface area contributed by atoms with Crippen molar-refractivity contribution in [1.29, 1.82) is 0 Å². The molecule has 0 aliphatic carbocycles. The van der Waals surface area contributed by atoms with Gasteiger partial charge in [-0.2, -0.15) is 0 Å². The number of ether oxygens (including phenoxy) is 1. The van der Waals surface area contributed by atoms with E-state index in [9.17, 15) is 10.1 Å². The van der Waals surface area contributed by atoms with Crippen molar-refractivity contribution in [2.75, 3.05) is 0 Å². The van der Waals surface area contributed by atoms with Gasteiger partial charge in [0.2, 0.25) is 5.75 Å². The van der Waals surface area contributed by atoms with Crippen LogP contribution in [0.1, 0.15) is 0 Å². The van der Waals surface area contributed by atoms with Crippen LogP contribution in [0, 0.1) is 16.2 Å². The third-order valence-corrected chi connectivity index (χ3v) is 2.35. The molecule has 0 saturated carbocycles. The Morgan fingerprint density at radius 1 is 1.24 bits per heavy atom. The second kappa shape index (κ2) is 4.84. The van der Waals surface area contributed by atoms with E-state index in [-0.39, 0.29) is 16.5 Å². The number of benzene rings is 2. The second-order valence-electron chi connectivity index (χ2n) is 3.18. The molecule has 1 radical (unpaired) electrons. The molecule has 17 heavy (non-hydrogen) atoms. The summed E-state index contributed by atoms with van der Waals surface area (Å²) in [5.74, 6) is 0.519. The zero-order chi connectivity index (χ0) is 12.3. The van der Waals surface area contributed by atoms with Crippen LogP contribution in [0.2, 0.25) is 5.02 Å². The van der Waals surface area contributed by atoms with Crippen molar-refractivity contribution in [2.24, 2.45) is 0 Å². The van der Waals surface area contributed by atoms with Crippen molar-refractivity contribution < 1.29 is 9.66 Å². The van der Waals surface area contributed by atoms with E-state index in [4.69, 9.17) is 16.3 Å². The number of hydrogen-bond donors (Lipinski definition) is 0. The first-order valence-electron chi connectivity index (χ1n) is 4.75. The van der Waals surface area contributed by atoms with Gasteiger partial charge in [0.15, 0.2) is 0 Å². The topological polar surface area (TPSA) is 52.4 Å². The van der Waals surface area contributed by atoms with Crippen molar-refractivity contribution in [2.45, 2.75) is 0 Å². The molecule has 0 amide bonds. The van der Waals surface area contributed by atoms with Crippen LogP contribution >= 0.6 is 11.6 Å². The molecule has 0 unspecified atom stereocenters. The van der Waals surface area contributed by atoms with Crippen LogP contribution in [0.4, 0.5) is 5.69 Å². The molecular weight excluding hydrogens is 242 g/mol. The molecule has 0 fully saturated rings. The highest BCUT2D eigenvalue weighted by atomic mass is 35.5. The summed E-state index contributed by atoms with van der Waals surface area (Å²) in [6.45, 7) is 0. The summed E-state index contributed by atoms with van der Waals surface area (Å²) < 4.78 is 5.41. The van der Waals surface area contributed by atoms with Gasteiger partial charge in [0.25, 0.3) is 0 Å². The Morgan fingerprint density at radius 3 is 2.59 bits per heavy atom. The largest absolute Gasteiger partial charge is 0.449 e. The standard InChI is InChI=1S/C12H7ClNO3/c13-10-7-4-8-11(14(15)16)12(10)17-9-5-2-1-3-6-9/h2-8H. The van der Waals surface area contributed by atoms with Gasteiger partial charge >= 0.3 is 5.69 Å². The molecule has 0 spiro atoms. The molecule has 2 aromatic rings. The lowest BCUT2D eigenvalue weighted by Gasteiger charge is -2.07. The van der Waals surface area contributed by atoms with E-state index in [1.165, 1.54) is 12.1 Å². The van der Waals surface area contributed by atoms with Crippen LogP contribution in [0.25, 0.3) is 0 Å². The van der Waals surface area contributed by atoms with E-state index in [2.05, 4.69) is 6.07 Å². The van der Waals surface area contributed by atoms with Gasteiger partial charge < -0.3 is 4.74 Å². The summed E-state index contributed by atoms with van der Waals surface area (Å²) in [6, 6.07) is 13.8. The number of nitro groups is 1. The zero-order valence-corrected chi connectivity index (χ0v) is 9.35. The fourth-order valence-corrected chi connectivity index (χ4v) is 1.51. The van der Waals surface area contributed by atoms with Crippen LogP contribution in [0.3, 0.4) is 0 Å². The zero-order valence-electron chi connectivity index (χ0n) is 8.59. The van der Waals surface area contributed by atoms with Gasteiger partial charge in [-0.05, 0) is 24.3 Å². The Balaban J connectivity index is 2.41. The summed E-state index contributed by atoms with van der Waals surface area (Å²) in [5.41, 5.74) is -0.162. The first-order chi connectivity index (χ1) is 8.18. The van der Waals surface area contributed by atoms with Gasteiger partial charge in [0.1, 0.15) is 5.75 Å². The lowest BCUT2D eigenvalue weighted by Crippen LogP contribution is -1.93. The van der Waals surface area contributed by atoms with Gasteiger partial charge in [-0.3, -0.25) is 10.1 Å². The highest BCUT2D eigenvalue weighted by Crippen LogP contribution is 2.37. The number of nitro benzene ring substituents is 1. The summed E-state index contributed by atoms with van der Waals surface area (Å²) in [7, 11) is 0. The van der Waals surface area contributed by atoms with Gasteiger partial charge in [-0.1, -0.05) is 29.8 Å². The highest BCUT2D eigenvalue weighted by Gasteiger charge is 2.18. The molecule has 2 aromatic carbocycles. The Labute approximate surface area is 103 Å². The predicted molar refractivity (Wildman–Crippen MR) is 63.5 cm³/mol. The van der Waals surface area contributed by atoms with Crippen molar-refractivity contribution >= 4 is 17.3 Å². The van der Waals surface area contributed by atoms with Gasteiger partial charge in [-0.15, -0.1) is 0 Å². The lowest BCUT2D eigenvalue weighted by atomic mass is 10.3. The van der Waals surface area contributed by atoms with Gasteiger partial charge in [-0.25, -0.2) is 0 Å². The Hall–Kier alpha value is -2.07. The molecule has 0 aliphatic heterocycles. The molecule has 0 aromatic heterocycles. The minimum absolute atomic E-state index is 0.0466. The van der Waals surface area contributed by atoms with Crippen LogP contribution < -0.4 is 4.74 Å². The molecule has 5 heteroatoms. The monoisotopic (exact) mass is 248 g/mol. The Kier molecular flexibility index (Phi) is 3.25. The average molecular weight is 249 g/mol. The SMILES string of the molecule is O=[N+]([O-])c1cccc(Cl)c1Oc1cc[c]cc1. The molecule has 0 saturated heterocycles. The van der Waals surface area contributed by atoms with E-state index < -0.39 is 4.92 Å². The minimum atomic E-state index is -0.531. The molecular formula is C12H7ClNO3. The first kappa shape index (κ1) is 11.4. The van der Waals surface area contributed by atoms with Crippen molar-refractivity contribution in [3.8, 4) is 11.5 Å². The van der Waals surface area contributed by atoms with E-state index in [0.717, 1.165) is 0 Å². The normalized spacial score (nSPS) is 9.94. The molecule has 4 nitrogen and oxygen atoms in total. The van der Waals surface area contributed by atoms with Crippen molar-refractivity contribution in [1.82, 2.24) is 0 Å². The molecule has 0 aliphatic rings. The molecule has 0 N–H and O–H groups in total. The van der Waals surface area contributed by atoms with Crippen LogP contribution in [-0.4, -0.2) is 4.92 Å². The predicted octanol–water partition coefficient (Wildman–Crippen LogP) is 3.84. The van der Waals surface area contributed by atoms with Crippen molar-refractivity contribution in [3.05, 3.63) is 63.7 Å². The number of halogens is 1. The van der Waals surface area contributed by atoms with Gasteiger partial charge in [0.05, 0.1) is 9.95 Å². The van der Waals surface area contributed by atoms with E-state index >= 15 is 0 Å². The van der Waals surface area contributed by atoms with E-state index in [1.54, 1.807) is 30.3 Å². The number of hydrogen-bond acceptors (Lipinski definition) is 3. The second-order valence-corrected chi connectivity index (χ2v) is 3.59. The highest BCUT2D eigenvalue weighted by molar-refractivity contribution is 6.32. The fourth-order valence-electron chi connectivity index (χ4n) is 1.30. The molecule has 0 bridgehead atoms. The van der Waals surface area contributed by atoms with E-state index in [1.807, 2.05) is 0 Å². The Bertz CT molecular complexity index is 543. The summed E-state index contributed by atoms with van der Waals surface area (Å²) in [4.78, 5) is 10.3. The molecule has 85 valence electrons. The first-order valence-corrected chi connectivity index (χ1v) is 5.13. The van der Waals surface area contributed by atoms with Crippen LogP contribution in [0.5, 0.6) is 11.5 Å². The average Bonchev–Trinajstić information content (AvgIpc) is 2.33. The number of nitrogens with zero attached hydrogens (tertiary/aromatic N) is 1. The Morgan fingerprint density at radius 2 is 1.94 bits per heavy atom. The maximum absolute atomic E-state index is 10.8.